The van der Waals surface area contributed by atoms with Crippen molar-refractivity contribution >= 4 is 11.6 Å². The quantitative estimate of drug-likeness (QED) is 0.906. The van der Waals surface area contributed by atoms with Crippen molar-refractivity contribution in [3.05, 3.63) is 17.7 Å². The number of amides is 1. The molecule has 0 atom stereocenters. The monoisotopic (exact) mass is 262 g/mol. The summed E-state index contributed by atoms with van der Waals surface area (Å²) in [6.07, 6.45) is 6.07. The molecule has 0 radical (unpaired) electrons. The van der Waals surface area contributed by atoms with Crippen molar-refractivity contribution in [2.24, 2.45) is 0 Å². The molecule has 5 nitrogen and oxygen atoms in total. The fourth-order valence-electron chi connectivity index (χ4n) is 2.48. The van der Waals surface area contributed by atoms with Crippen LogP contribution in [0.3, 0.4) is 0 Å². The van der Waals surface area contributed by atoms with Crippen LogP contribution >= 0.6 is 0 Å². The van der Waals surface area contributed by atoms with E-state index in [1.165, 1.54) is 19.0 Å². The highest BCUT2D eigenvalue weighted by atomic mass is 16.2. The molecular weight excluding hydrogens is 240 g/mol. The molecule has 2 rings (SSSR count). The molecule has 1 amide bonds. The number of nitrogens with zero attached hydrogens (tertiary/aromatic N) is 3. The van der Waals surface area contributed by atoms with Crippen molar-refractivity contribution in [3.63, 3.8) is 0 Å². The van der Waals surface area contributed by atoms with Gasteiger partial charge in [-0.25, -0.2) is 9.97 Å². The summed E-state index contributed by atoms with van der Waals surface area (Å²) < 4.78 is 0. The number of hydrogen-bond donors (Lipinski definition) is 1. The molecule has 0 aliphatic heterocycles. The van der Waals surface area contributed by atoms with Crippen LogP contribution in [0.2, 0.25) is 0 Å². The Bertz CT molecular complexity index is 467. The predicted octanol–water partition coefficient (Wildman–Crippen LogP) is 2.20. The van der Waals surface area contributed by atoms with Crippen LogP contribution in [0.5, 0.6) is 0 Å². The average Bonchev–Trinajstić information content (AvgIpc) is 2.91. The third-order valence-electron chi connectivity index (χ3n) is 3.75. The average molecular weight is 262 g/mol. The Balaban J connectivity index is 2.24. The van der Waals surface area contributed by atoms with Gasteiger partial charge in [0.1, 0.15) is 5.82 Å². The van der Waals surface area contributed by atoms with E-state index in [4.69, 9.17) is 5.73 Å². The minimum atomic E-state index is -0.0892. The van der Waals surface area contributed by atoms with Gasteiger partial charge >= 0.3 is 0 Å². The largest absolute Gasteiger partial charge is 0.396 e. The summed E-state index contributed by atoms with van der Waals surface area (Å²) in [6, 6.07) is 0.323. The van der Waals surface area contributed by atoms with E-state index in [0.29, 0.717) is 23.2 Å². The van der Waals surface area contributed by atoms with Gasteiger partial charge < -0.3 is 10.6 Å². The number of aromatic nitrogens is 2. The van der Waals surface area contributed by atoms with E-state index in [-0.39, 0.29) is 11.8 Å². The highest BCUT2D eigenvalue weighted by Crippen LogP contribution is 2.24. The molecule has 1 aromatic rings. The maximum absolute atomic E-state index is 12.5. The highest BCUT2D eigenvalue weighted by Gasteiger charge is 2.26. The number of carbonyl (C=O) groups is 1. The Labute approximate surface area is 114 Å². The zero-order valence-electron chi connectivity index (χ0n) is 11.9. The number of rotatable bonds is 3. The molecule has 0 bridgehead atoms. The standard InChI is InChI=1S/C14H22N4O/c1-9(2)13-16-8-11(15)12(17-13)14(19)18(3)10-6-4-5-7-10/h8-10H,4-7,15H2,1-3H3. The molecular formula is C14H22N4O. The van der Waals surface area contributed by atoms with Crippen LogP contribution in [0.1, 0.15) is 61.8 Å². The van der Waals surface area contributed by atoms with Crippen molar-refractivity contribution in [2.45, 2.75) is 51.5 Å². The Hall–Kier alpha value is -1.65. The second-order valence-corrected chi connectivity index (χ2v) is 5.54. The van der Waals surface area contributed by atoms with Gasteiger partial charge in [-0.05, 0) is 12.8 Å². The van der Waals surface area contributed by atoms with E-state index in [9.17, 15) is 4.79 Å². The van der Waals surface area contributed by atoms with Gasteiger partial charge in [-0.3, -0.25) is 4.79 Å². The fraction of sp³-hybridized carbons (Fsp3) is 0.643. The molecule has 19 heavy (non-hydrogen) atoms. The van der Waals surface area contributed by atoms with Gasteiger partial charge in [0.15, 0.2) is 5.69 Å². The van der Waals surface area contributed by atoms with E-state index in [0.717, 1.165) is 12.8 Å². The first kappa shape index (κ1) is 13.8. The SMILES string of the molecule is CC(C)c1ncc(N)c(C(=O)N(C)C2CCCC2)n1. The predicted molar refractivity (Wildman–Crippen MR) is 74.9 cm³/mol. The molecule has 2 N–H and O–H groups in total. The summed E-state index contributed by atoms with van der Waals surface area (Å²) in [6.45, 7) is 4.00. The van der Waals surface area contributed by atoms with E-state index in [2.05, 4.69) is 9.97 Å². The topological polar surface area (TPSA) is 72.1 Å². The second kappa shape index (κ2) is 5.55. The highest BCUT2D eigenvalue weighted by molar-refractivity contribution is 5.97. The summed E-state index contributed by atoms with van der Waals surface area (Å²) >= 11 is 0. The lowest BCUT2D eigenvalue weighted by molar-refractivity contribution is 0.0730. The molecule has 1 aliphatic carbocycles. The van der Waals surface area contributed by atoms with Crippen LogP contribution in [-0.4, -0.2) is 33.9 Å². The Morgan fingerprint density at radius 2 is 2.05 bits per heavy atom. The van der Waals surface area contributed by atoms with Crippen LogP contribution in [0.15, 0.2) is 6.20 Å². The maximum Gasteiger partial charge on any atom is 0.274 e. The minimum absolute atomic E-state index is 0.0892. The van der Waals surface area contributed by atoms with E-state index >= 15 is 0 Å². The normalized spacial score (nSPS) is 16.0. The summed E-state index contributed by atoms with van der Waals surface area (Å²) in [5.41, 5.74) is 6.56. The van der Waals surface area contributed by atoms with E-state index in [1.807, 2.05) is 20.9 Å². The molecule has 104 valence electrons. The first-order chi connectivity index (χ1) is 9.00. The van der Waals surface area contributed by atoms with Crippen LogP contribution in [0.25, 0.3) is 0 Å². The molecule has 1 aliphatic rings. The van der Waals surface area contributed by atoms with E-state index < -0.39 is 0 Å². The van der Waals surface area contributed by atoms with Crippen molar-refractivity contribution < 1.29 is 4.79 Å². The molecule has 0 spiro atoms. The van der Waals surface area contributed by atoms with E-state index in [1.54, 1.807) is 4.90 Å². The van der Waals surface area contributed by atoms with Gasteiger partial charge in [0.2, 0.25) is 0 Å². The van der Waals surface area contributed by atoms with Gasteiger partial charge in [0, 0.05) is 19.0 Å². The third-order valence-corrected chi connectivity index (χ3v) is 3.75. The van der Waals surface area contributed by atoms with Gasteiger partial charge in [-0.1, -0.05) is 26.7 Å². The Morgan fingerprint density at radius 1 is 1.42 bits per heavy atom. The van der Waals surface area contributed by atoms with Crippen LogP contribution in [0.4, 0.5) is 5.69 Å². The smallest absolute Gasteiger partial charge is 0.274 e. The summed E-state index contributed by atoms with van der Waals surface area (Å²) in [5, 5.41) is 0. The molecule has 1 heterocycles. The lowest BCUT2D eigenvalue weighted by Gasteiger charge is -2.24. The molecule has 0 saturated heterocycles. The molecule has 1 saturated carbocycles. The van der Waals surface area contributed by atoms with Gasteiger partial charge in [-0.15, -0.1) is 0 Å². The van der Waals surface area contributed by atoms with Crippen molar-refractivity contribution in [2.75, 3.05) is 12.8 Å². The molecule has 1 aromatic heterocycles. The second-order valence-electron chi connectivity index (χ2n) is 5.54. The molecule has 0 unspecified atom stereocenters. The fourth-order valence-corrected chi connectivity index (χ4v) is 2.48. The van der Waals surface area contributed by atoms with Crippen LogP contribution in [-0.2, 0) is 0 Å². The van der Waals surface area contributed by atoms with Crippen molar-refractivity contribution in [1.29, 1.82) is 0 Å². The van der Waals surface area contributed by atoms with Gasteiger partial charge in [0.05, 0.1) is 11.9 Å². The number of nitrogen functional groups attached to an aromatic ring is 1. The number of nitrogens with two attached hydrogens (primary N) is 1. The lowest BCUT2D eigenvalue weighted by atomic mass is 10.1. The van der Waals surface area contributed by atoms with Gasteiger partial charge in [-0.2, -0.15) is 0 Å². The summed E-state index contributed by atoms with van der Waals surface area (Å²) in [4.78, 5) is 22.8. The zero-order valence-corrected chi connectivity index (χ0v) is 11.9. The number of hydrogen-bond acceptors (Lipinski definition) is 4. The minimum Gasteiger partial charge on any atom is -0.396 e. The Morgan fingerprint density at radius 3 is 2.63 bits per heavy atom. The van der Waals surface area contributed by atoms with Crippen molar-refractivity contribution in [3.8, 4) is 0 Å². The molecule has 1 fully saturated rings. The third kappa shape index (κ3) is 2.85. The van der Waals surface area contributed by atoms with Crippen LogP contribution in [0, 0.1) is 0 Å². The molecule has 5 heteroatoms. The number of carbonyl (C=O) groups excluding carboxylic acids is 1. The Kier molecular flexibility index (Phi) is 4.02. The first-order valence-corrected chi connectivity index (χ1v) is 6.90. The molecule has 0 aromatic carbocycles. The zero-order chi connectivity index (χ0) is 14.0. The first-order valence-electron chi connectivity index (χ1n) is 6.90. The van der Waals surface area contributed by atoms with Gasteiger partial charge in [0.25, 0.3) is 5.91 Å². The van der Waals surface area contributed by atoms with Crippen molar-refractivity contribution in [1.82, 2.24) is 14.9 Å². The summed E-state index contributed by atoms with van der Waals surface area (Å²) in [5.74, 6) is 0.759. The number of anilines is 1. The maximum atomic E-state index is 12.5. The lowest BCUT2D eigenvalue weighted by Crippen LogP contribution is -2.36. The summed E-state index contributed by atoms with van der Waals surface area (Å²) in [7, 11) is 1.84. The van der Waals surface area contributed by atoms with Crippen LogP contribution < -0.4 is 5.73 Å².